The standard InChI is InChI=1S/C21H29N5O3/c1-26(12-19(28)23-16-7-4-8-18(16)27)21-14-5-3-6-15(14)24-20(25-21)17-11-13(29-2)9-10-22-17/h9-11,16,18-19,23,27-28H,3-8,12H2,1-2H3/t16-,18+,19?/m1/s1. The molecule has 0 aliphatic heterocycles. The average molecular weight is 399 g/mol. The number of pyridine rings is 1. The molecule has 2 heterocycles. The summed E-state index contributed by atoms with van der Waals surface area (Å²) in [5, 5.41) is 23.7. The molecule has 4 rings (SSSR count). The van der Waals surface area contributed by atoms with Crippen molar-refractivity contribution in [1.82, 2.24) is 20.3 Å². The molecule has 2 aromatic heterocycles. The van der Waals surface area contributed by atoms with Gasteiger partial charge in [0.15, 0.2) is 5.82 Å². The molecule has 3 atom stereocenters. The van der Waals surface area contributed by atoms with Gasteiger partial charge in [0.05, 0.1) is 19.8 Å². The molecule has 0 aromatic carbocycles. The van der Waals surface area contributed by atoms with Gasteiger partial charge in [-0.25, -0.2) is 9.97 Å². The van der Waals surface area contributed by atoms with Crippen molar-refractivity contribution in [2.75, 3.05) is 25.6 Å². The van der Waals surface area contributed by atoms with Crippen molar-refractivity contribution in [2.24, 2.45) is 0 Å². The molecule has 156 valence electrons. The number of aryl methyl sites for hydroxylation is 1. The summed E-state index contributed by atoms with van der Waals surface area (Å²) in [5.41, 5.74) is 2.86. The third-order valence-corrected chi connectivity index (χ3v) is 5.80. The number of aromatic nitrogens is 3. The fourth-order valence-corrected chi connectivity index (χ4v) is 4.28. The van der Waals surface area contributed by atoms with Gasteiger partial charge in [-0.2, -0.15) is 0 Å². The van der Waals surface area contributed by atoms with Gasteiger partial charge in [0.1, 0.15) is 23.5 Å². The van der Waals surface area contributed by atoms with Crippen molar-refractivity contribution >= 4 is 5.82 Å². The minimum Gasteiger partial charge on any atom is -0.497 e. The van der Waals surface area contributed by atoms with Gasteiger partial charge in [-0.3, -0.25) is 10.3 Å². The third kappa shape index (κ3) is 4.34. The Hall–Kier alpha value is -2.29. The number of fused-ring (bicyclic) bond motifs is 1. The molecule has 2 aromatic rings. The molecular formula is C21H29N5O3. The van der Waals surface area contributed by atoms with Crippen LogP contribution >= 0.6 is 0 Å². The van der Waals surface area contributed by atoms with E-state index in [0.717, 1.165) is 55.6 Å². The van der Waals surface area contributed by atoms with Crippen LogP contribution in [0.25, 0.3) is 11.5 Å². The van der Waals surface area contributed by atoms with Crippen LogP contribution < -0.4 is 15.0 Å². The fourth-order valence-electron chi connectivity index (χ4n) is 4.28. The highest BCUT2D eigenvalue weighted by Gasteiger charge is 2.28. The molecule has 1 unspecified atom stereocenters. The van der Waals surface area contributed by atoms with E-state index in [9.17, 15) is 10.2 Å². The van der Waals surface area contributed by atoms with Crippen LogP contribution in [-0.4, -0.2) is 64.2 Å². The SMILES string of the molecule is COc1ccnc(-c2nc3c(c(N(C)CC(O)N[C@@H]4CCC[C@@H]4O)n2)CCC3)c1. The maximum Gasteiger partial charge on any atom is 0.180 e. The van der Waals surface area contributed by atoms with Crippen LogP contribution in [0.15, 0.2) is 18.3 Å². The highest BCUT2D eigenvalue weighted by Crippen LogP contribution is 2.31. The predicted octanol–water partition coefficient (Wildman–Crippen LogP) is 1.29. The van der Waals surface area contributed by atoms with Crippen molar-refractivity contribution in [3.05, 3.63) is 29.6 Å². The van der Waals surface area contributed by atoms with Crippen LogP contribution in [0.3, 0.4) is 0 Å². The molecule has 0 saturated heterocycles. The molecule has 0 amide bonds. The van der Waals surface area contributed by atoms with Crippen molar-refractivity contribution in [1.29, 1.82) is 0 Å². The smallest absolute Gasteiger partial charge is 0.180 e. The number of rotatable bonds is 7. The highest BCUT2D eigenvalue weighted by atomic mass is 16.5. The molecule has 0 bridgehead atoms. The number of methoxy groups -OCH3 is 1. The number of anilines is 1. The lowest BCUT2D eigenvalue weighted by molar-refractivity contribution is 0.0830. The summed E-state index contributed by atoms with van der Waals surface area (Å²) in [6.45, 7) is 0.373. The Morgan fingerprint density at radius 1 is 1.28 bits per heavy atom. The van der Waals surface area contributed by atoms with E-state index in [0.29, 0.717) is 23.8 Å². The largest absolute Gasteiger partial charge is 0.497 e. The zero-order valence-electron chi connectivity index (χ0n) is 17.0. The Bertz CT molecular complexity index is 862. The normalized spacial score (nSPS) is 21.8. The van der Waals surface area contributed by atoms with E-state index in [4.69, 9.17) is 14.7 Å². The van der Waals surface area contributed by atoms with E-state index >= 15 is 0 Å². The summed E-state index contributed by atoms with van der Waals surface area (Å²) in [6.07, 6.45) is 6.12. The number of nitrogens with one attached hydrogen (secondary N) is 1. The lowest BCUT2D eigenvalue weighted by Gasteiger charge is -2.27. The molecule has 29 heavy (non-hydrogen) atoms. The van der Waals surface area contributed by atoms with Gasteiger partial charge >= 0.3 is 0 Å². The van der Waals surface area contributed by atoms with Crippen LogP contribution in [0.1, 0.15) is 36.9 Å². The summed E-state index contributed by atoms with van der Waals surface area (Å²) < 4.78 is 5.30. The van der Waals surface area contributed by atoms with E-state index < -0.39 is 6.23 Å². The van der Waals surface area contributed by atoms with E-state index in [1.807, 2.05) is 18.0 Å². The van der Waals surface area contributed by atoms with Crippen LogP contribution in [0.2, 0.25) is 0 Å². The Balaban J connectivity index is 1.56. The Labute approximate surface area is 171 Å². The van der Waals surface area contributed by atoms with Crippen LogP contribution in [0, 0.1) is 0 Å². The molecule has 0 spiro atoms. The van der Waals surface area contributed by atoms with Crippen molar-refractivity contribution in [3.8, 4) is 17.3 Å². The van der Waals surface area contributed by atoms with Crippen molar-refractivity contribution in [2.45, 2.75) is 56.9 Å². The number of hydrogen-bond acceptors (Lipinski definition) is 8. The highest BCUT2D eigenvalue weighted by molar-refractivity contribution is 5.59. The summed E-state index contributed by atoms with van der Waals surface area (Å²) >= 11 is 0. The average Bonchev–Trinajstić information content (AvgIpc) is 3.36. The first-order valence-corrected chi connectivity index (χ1v) is 10.3. The molecule has 3 N–H and O–H groups in total. The molecule has 8 heteroatoms. The number of nitrogens with zero attached hydrogens (tertiary/aromatic N) is 4. The number of aliphatic hydroxyl groups excluding tert-OH is 2. The first kappa shape index (κ1) is 20.0. The zero-order chi connectivity index (χ0) is 20.4. The Morgan fingerprint density at radius 2 is 2.14 bits per heavy atom. The van der Waals surface area contributed by atoms with Crippen molar-refractivity contribution in [3.63, 3.8) is 0 Å². The second-order valence-corrected chi connectivity index (χ2v) is 7.90. The minimum atomic E-state index is -0.747. The van der Waals surface area contributed by atoms with E-state index in [2.05, 4.69) is 10.3 Å². The van der Waals surface area contributed by atoms with Gasteiger partial charge in [0, 0.05) is 36.6 Å². The van der Waals surface area contributed by atoms with Crippen LogP contribution in [0.4, 0.5) is 5.82 Å². The number of hydrogen-bond donors (Lipinski definition) is 3. The number of likely N-dealkylation sites (N-methyl/N-ethyl adjacent to an activating group) is 1. The zero-order valence-corrected chi connectivity index (χ0v) is 17.0. The van der Waals surface area contributed by atoms with Gasteiger partial charge in [0.25, 0.3) is 0 Å². The second-order valence-electron chi connectivity index (χ2n) is 7.90. The monoisotopic (exact) mass is 399 g/mol. The summed E-state index contributed by atoms with van der Waals surface area (Å²) in [6, 6.07) is 3.58. The fraction of sp³-hybridized carbons (Fsp3) is 0.571. The summed E-state index contributed by atoms with van der Waals surface area (Å²) in [5.74, 6) is 2.11. The topological polar surface area (TPSA) is 104 Å². The number of aliphatic hydroxyl groups is 2. The Kier molecular flexibility index (Phi) is 5.94. The molecular weight excluding hydrogens is 370 g/mol. The van der Waals surface area contributed by atoms with Crippen LogP contribution in [-0.2, 0) is 12.8 Å². The minimum absolute atomic E-state index is 0.0499. The Morgan fingerprint density at radius 3 is 2.90 bits per heavy atom. The van der Waals surface area contributed by atoms with Crippen molar-refractivity contribution < 1.29 is 14.9 Å². The molecule has 1 saturated carbocycles. The maximum absolute atomic E-state index is 10.5. The van der Waals surface area contributed by atoms with Gasteiger partial charge in [0.2, 0.25) is 0 Å². The van der Waals surface area contributed by atoms with Gasteiger partial charge in [-0.1, -0.05) is 0 Å². The second kappa shape index (κ2) is 8.61. The molecule has 0 radical (unpaired) electrons. The van der Waals surface area contributed by atoms with Gasteiger partial charge < -0.3 is 19.8 Å². The lowest BCUT2D eigenvalue weighted by atomic mass is 10.2. The first-order chi connectivity index (χ1) is 14.0. The van der Waals surface area contributed by atoms with Gasteiger partial charge in [-0.15, -0.1) is 0 Å². The van der Waals surface area contributed by atoms with E-state index in [1.54, 1.807) is 19.4 Å². The molecule has 1 fully saturated rings. The molecule has 2 aliphatic carbocycles. The lowest BCUT2D eigenvalue weighted by Crippen LogP contribution is -2.47. The van der Waals surface area contributed by atoms with E-state index in [-0.39, 0.29) is 12.1 Å². The summed E-state index contributed by atoms with van der Waals surface area (Å²) in [7, 11) is 3.55. The van der Waals surface area contributed by atoms with Gasteiger partial charge in [-0.05, 0) is 44.6 Å². The predicted molar refractivity (Wildman–Crippen MR) is 110 cm³/mol. The van der Waals surface area contributed by atoms with Crippen LogP contribution in [0.5, 0.6) is 5.75 Å². The quantitative estimate of drug-likeness (QED) is 0.599. The molecule has 8 nitrogen and oxygen atoms in total. The third-order valence-electron chi connectivity index (χ3n) is 5.80. The van der Waals surface area contributed by atoms with E-state index in [1.165, 1.54) is 0 Å². The molecule has 2 aliphatic rings. The maximum atomic E-state index is 10.5. The number of ether oxygens (including phenoxy) is 1. The first-order valence-electron chi connectivity index (χ1n) is 10.3. The summed E-state index contributed by atoms with van der Waals surface area (Å²) in [4.78, 5) is 15.9.